The first-order valence-corrected chi connectivity index (χ1v) is 22.1. The number of hydrogen-bond acceptors (Lipinski definition) is 9. The molecule has 1 aromatic rings. The molecule has 0 aromatic heterocycles. The predicted octanol–water partition coefficient (Wildman–Crippen LogP) is 12.5. The Kier molecular flexibility index (Phi) is 31.9. The predicted molar refractivity (Wildman–Crippen MR) is 231 cm³/mol. The Bertz CT molecular complexity index is 1110. The average molecular weight is 799 g/mol. The highest BCUT2D eigenvalue weighted by molar-refractivity contribution is 5.87. The van der Waals surface area contributed by atoms with Gasteiger partial charge in [0, 0.05) is 34.9 Å². The molecule has 0 aliphatic rings. The van der Waals surface area contributed by atoms with Gasteiger partial charge in [-0.2, -0.15) is 0 Å². The monoisotopic (exact) mass is 799 g/mol. The normalized spacial score (nSPS) is 10.8. The Morgan fingerprint density at radius 1 is 0.333 bits per heavy atom. The highest BCUT2D eigenvalue weighted by Crippen LogP contribution is 2.29. The largest absolute Gasteiger partial charge is 0.493 e. The lowest BCUT2D eigenvalue weighted by Crippen LogP contribution is -2.06. The lowest BCUT2D eigenvalue weighted by molar-refractivity contribution is -0.139. The maximum absolute atomic E-state index is 11.4. The first-order valence-electron chi connectivity index (χ1n) is 22.1. The van der Waals surface area contributed by atoms with Crippen molar-refractivity contribution in [3.8, 4) is 17.2 Å². The Hall–Kier alpha value is -3.75. The highest BCUT2D eigenvalue weighted by Gasteiger charge is 2.07. The second-order valence-corrected chi connectivity index (χ2v) is 15.4. The number of unbranched alkanes of at least 4 members (excludes halogenated alkanes) is 21. The summed E-state index contributed by atoms with van der Waals surface area (Å²) in [5.41, 5.74) is 1.36. The third kappa shape index (κ3) is 31.0. The zero-order valence-electron chi connectivity index (χ0n) is 36.2. The summed E-state index contributed by atoms with van der Waals surface area (Å²) in [6.07, 6.45) is 26.6. The molecule has 0 unspecified atom stereocenters. The SMILES string of the molecule is C=C(C)C(=O)OCCCCCCCCCCOc1cc(OCCCCCCCCCCOC(=O)C(=C)C)cc(OCCCCCCCCCCOC(=O)C(=C)C)c1. The molecule has 1 aromatic carbocycles. The highest BCUT2D eigenvalue weighted by atomic mass is 16.5. The molecule has 0 N–H and O–H groups in total. The van der Waals surface area contributed by atoms with E-state index < -0.39 is 0 Å². The smallest absolute Gasteiger partial charge is 0.333 e. The third-order valence-electron chi connectivity index (χ3n) is 9.52. The van der Waals surface area contributed by atoms with Crippen LogP contribution in [0, 0.1) is 0 Å². The van der Waals surface area contributed by atoms with Crippen LogP contribution in [0.1, 0.15) is 175 Å². The maximum atomic E-state index is 11.4. The van der Waals surface area contributed by atoms with Gasteiger partial charge in [-0.1, -0.05) is 135 Å². The van der Waals surface area contributed by atoms with Crippen LogP contribution in [0.25, 0.3) is 0 Å². The molecule has 0 aliphatic carbocycles. The van der Waals surface area contributed by atoms with Crippen molar-refractivity contribution >= 4 is 17.9 Å². The van der Waals surface area contributed by atoms with Crippen molar-refractivity contribution in [3.05, 3.63) is 54.7 Å². The Balaban J connectivity index is 2.34. The van der Waals surface area contributed by atoms with E-state index in [0.717, 1.165) is 114 Å². The molecule has 0 saturated heterocycles. The number of esters is 3. The molecule has 0 radical (unpaired) electrons. The summed E-state index contributed by atoms with van der Waals surface area (Å²) in [5.74, 6) is 1.48. The van der Waals surface area contributed by atoms with Gasteiger partial charge in [0.1, 0.15) is 17.2 Å². The van der Waals surface area contributed by atoms with Gasteiger partial charge in [0.25, 0.3) is 0 Å². The van der Waals surface area contributed by atoms with Crippen molar-refractivity contribution in [2.45, 2.75) is 175 Å². The Morgan fingerprint density at radius 2 is 0.509 bits per heavy atom. The van der Waals surface area contributed by atoms with E-state index in [4.69, 9.17) is 28.4 Å². The van der Waals surface area contributed by atoms with Gasteiger partial charge in [-0.05, 0) is 59.3 Å². The van der Waals surface area contributed by atoms with Gasteiger partial charge >= 0.3 is 17.9 Å². The molecule has 0 atom stereocenters. The van der Waals surface area contributed by atoms with Crippen LogP contribution >= 0.6 is 0 Å². The van der Waals surface area contributed by atoms with E-state index in [1.54, 1.807) is 20.8 Å². The van der Waals surface area contributed by atoms with E-state index in [9.17, 15) is 14.4 Å². The number of ether oxygens (including phenoxy) is 6. The van der Waals surface area contributed by atoms with Crippen LogP contribution in [-0.2, 0) is 28.6 Å². The number of benzene rings is 1. The molecule has 0 aliphatic heterocycles. The number of carbonyl (C=O) groups excluding carboxylic acids is 3. The van der Waals surface area contributed by atoms with E-state index in [-0.39, 0.29) is 17.9 Å². The molecule has 0 saturated carbocycles. The van der Waals surface area contributed by atoms with Gasteiger partial charge in [0.15, 0.2) is 0 Å². The van der Waals surface area contributed by atoms with Crippen LogP contribution in [0.2, 0.25) is 0 Å². The molecule has 0 amide bonds. The van der Waals surface area contributed by atoms with E-state index in [2.05, 4.69) is 19.7 Å². The summed E-state index contributed by atoms with van der Waals surface area (Å²) < 4.78 is 34.0. The second-order valence-electron chi connectivity index (χ2n) is 15.4. The Morgan fingerprint density at radius 3 is 0.702 bits per heavy atom. The van der Waals surface area contributed by atoms with E-state index in [1.807, 2.05) is 18.2 Å². The fourth-order valence-corrected chi connectivity index (χ4v) is 6.02. The second kappa shape index (κ2) is 35.4. The lowest BCUT2D eigenvalue weighted by Gasteiger charge is -2.13. The van der Waals surface area contributed by atoms with Gasteiger partial charge in [0.2, 0.25) is 0 Å². The summed E-state index contributed by atoms with van der Waals surface area (Å²) in [7, 11) is 0. The average Bonchev–Trinajstić information content (AvgIpc) is 3.18. The first-order chi connectivity index (χ1) is 27.6. The standard InChI is InChI=1S/C48H78O9/c1-40(2)46(49)55-34-28-22-16-10-7-13-19-25-31-52-43-37-44(53-32-26-20-14-8-11-17-23-29-35-56-47(50)41(3)4)39-45(38-43)54-33-27-21-15-9-12-18-24-30-36-57-48(51)42(5)6/h37-39H,1,3,5,7-36H2,2,4,6H3. The molecule has 0 heterocycles. The van der Waals surface area contributed by atoms with Crippen LogP contribution < -0.4 is 14.2 Å². The van der Waals surface area contributed by atoms with E-state index in [1.165, 1.54) is 57.8 Å². The summed E-state index contributed by atoms with van der Waals surface area (Å²) in [6, 6.07) is 5.95. The van der Waals surface area contributed by atoms with Crippen LogP contribution in [0.5, 0.6) is 17.2 Å². The number of carbonyl (C=O) groups is 3. The number of hydrogen-bond donors (Lipinski definition) is 0. The third-order valence-corrected chi connectivity index (χ3v) is 9.52. The molecular formula is C48H78O9. The molecule has 0 bridgehead atoms. The van der Waals surface area contributed by atoms with E-state index in [0.29, 0.717) is 56.4 Å². The zero-order chi connectivity index (χ0) is 41.8. The quantitative estimate of drug-likeness (QED) is 0.0278. The topological polar surface area (TPSA) is 107 Å². The minimum atomic E-state index is -0.298. The molecule has 9 nitrogen and oxygen atoms in total. The van der Waals surface area contributed by atoms with Crippen molar-refractivity contribution in [1.29, 1.82) is 0 Å². The van der Waals surface area contributed by atoms with Crippen LogP contribution in [0.3, 0.4) is 0 Å². The summed E-state index contributed by atoms with van der Waals surface area (Å²) in [6.45, 7) is 19.3. The van der Waals surface area contributed by atoms with Gasteiger partial charge < -0.3 is 28.4 Å². The van der Waals surface area contributed by atoms with Crippen molar-refractivity contribution in [3.63, 3.8) is 0 Å². The van der Waals surface area contributed by atoms with Gasteiger partial charge in [-0.25, -0.2) is 14.4 Å². The van der Waals surface area contributed by atoms with Crippen LogP contribution in [-0.4, -0.2) is 57.5 Å². The van der Waals surface area contributed by atoms with Crippen molar-refractivity contribution in [2.75, 3.05) is 39.6 Å². The zero-order valence-corrected chi connectivity index (χ0v) is 36.2. The van der Waals surface area contributed by atoms with Crippen molar-refractivity contribution in [1.82, 2.24) is 0 Å². The van der Waals surface area contributed by atoms with Crippen LogP contribution in [0.4, 0.5) is 0 Å². The van der Waals surface area contributed by atoms with Crippen molar-refractivity contribution in [2.24, 2.45) is 0 Å². The van der Waals surface area contributed by atoms with E-state index >= 15 is 0 Å². The minimum absolute atomic E-state index is 0.298. The molecule has 0 fully saturated rings. The Labute approximate surface area is 346 Å². The molecule has 9 heteroatoms. The fraction of sp³-hybridized carbons (Fsp3) is 0.688. The molecular weight excluding hydrogens is 721 g/mol. The molecule has 0 spiro atoms. The molecule has 1 rings (SSSR count). The molecule has 57 heavy (non-hydrogen) atoms. The van der Waals surface area contributed by atoms with Gasteiger partial charge in [-0.15, -0.1) is 0 Å². The minimum Gasteiger partial charge on any atom is -0.493 e. The summed E-state index contributed by atoms with van der Waals surface area (Å²) >= 11 is 0. The maximum Gasteiger partial charge on any atom is 0.333 e. The number of rotatable bonds is 39. The van der Waals surface area contributed by atoms with Crippen LogP contribution in [0.15, 0.2) is 54.7 Å². The summed E-state index contributed by atoms with van der Waals surface area (Å²) in [4.78, 5) is 34.3. The molecule has 324 valence electrons. The lowest BCUT2D eigenvalue weighted by atomic mass is 10.1. The fourth-order valence-electron chi connectivity index (χ4n) is 6.02. The summed E-state index contributed by atoms with van der Waals surface area (Å²) in [5, 5.41) is 0. The first kappa shape index (κ1) is 51.3. The van der Waals surface area contributed by atoms with Crippen molar-refractivity contribution < 1.29 is 42.8 Å². The van der Waals surface area contributed by atoms with Gasteiger partial charge in [0.05, 0.1) is 39.6 Å². The van der Waals surface area contributed by atoms with Gasteiger partial charge in [-0.3, -0.25) is 0 Å².